The Morgan fingerprint density at radius 3 is 2.65 bits per heavy atom. The Morgan fingerprint density at radius 1 is 1.13 bits per heavy atom. The number of ether oxygens (including phenoxy) is 1. The molecule has 0 aliphatic heterocycles. The molecule has 0 saturated heterocycles. The number of anilines is 2. The van der Waals surface area contributed by atoms with Crippen molar-refractivity contribution in [2.45, 2.75) is 6.92 Å². The van der Waals surface area contributed by atoms with Crippen molar-refractivity contribution < 1.29 is 9.53 Å². The first-order chi connectivity index (χ1) is 11.2. The zero-order valence-electron chi connectivity index (χ0n) is 12.6. The van der Waals surface area contributed by atoms with Crippen LogP contribution in [0.1, 0.15) is 17.3 Å². The summed E-state index contributed by atoms with van der Waals surface area (Å²) in [6.07, 6.45) is 1.40. The molecule has 2 N–H and O–H groups in total. The number of para-hydroxylation sites is 1. The molecule has 0 atom stereocenters. The molecule has 5 nitrogen and oxygen atoms in total. The second-order valence-electron chi connectivity index (χ2n) is 5.00. The first-order valence-corrected chi connectivity index (χ1v) is 7.33. The van der Waals surface area contributed by atoms with Crippen LogP contribution in [0.4, 0.5) is 11.4 Å². The van der Waals surface area contributed by atoms with E-state index in [2.05, 4.69) is 10.3 Å². The number of pyridine rings is 1. The highest BCUT2D eigenvalue weighted by atomic mass is 16.5. The van der Waals surface area contributed by atoms with E-state index in [0.717, 1.165) is 11.4 Å². The molecule has 0 spiro atoms. The Labute approximate surface area is 132 Å². The van der Waals surface area contributed by atoms with Gasteiger partial charge in [0.05, 0.1) is 6.61 Å². The van der Waals surface area contributed by atoms with E-state index in [-0.39, 0.29) is 17.6 Å². The summed E-state index contributed by atoms with van der Waals surface area (Å²) < 4.78 is 4.91. The summed E-state index contributed by atoms with van der Waals surface area (Å²) >= 11 is 0. The number of esters is 1. The molecule has 23 heavy (non-hydrogen) atoms. The van der Waals surface area contributed by atoms with Gasteiger partial charge in [-0.25, -0.2) is 4.79 Å². The first kappa shape index (κ1) is 14.8. The molecule has 1 heterocycles. The van der Waals surface area contributed by atoms with Gasteiger partial charge in [0.2, 0.25) is 5.43 Å². The number of carbonyl (C=O) groups is 1. The van der Waals surface area contributed by atoms with Crippen LogP contribution in [0.25, 0.3) is 10.9 Å². The molecule has 0 aliphatic rings. The lowest BCUT2D eigenvalue weighted by Gasteiger charge is -2.08. The van der Waals surface area contributed by atoms with Crippen molar-refractivity contribution in [1.82, 2.24) is 4.98 Å². The smallest absolute Gasteiger partial charge is 0.343 e. The molecule has 3 rings (SSSR count). The summed E-state index contributed by atoms with van der Waals surface area (Å²) in [6, 6.07) is 15.1. The number of benzene rings is 2. The van der Waals surface area contributed by atoms with E-state index in [1.165, 1.54) is 6.20 Å². The maximum absolute atomic E-state index is 12.5. The van der Waals surface area contributed by atoms with Gasteiger partial charge in [0, 0.05) is 28.5 Å². The van der Waals surface area contributed by atoms with Crippen molar-refractivity contribution in [2.24, 2.45) is 0 Å². The molecule has 0 aliphatic carbocycles. The van der Waals surface area contributed by atoms with E-state index < -0.39 is 5.97 Å². The fourth-order valence-electron chi connectivity index (χ4n) is 2.34. The highest BCUT2D eigenvalue weighted by Crippen LogP contribution is 2.19. The Kier molecular flexibility index (Phi) is 4.10. The zero-order valence-corrected chi connectivity index (χ0v) is 12.6. The van der Waals surface area contributed by atoms with E-state index in [1.807, 2.05) is 36.4 Å². The molecular weight excluding hydrogens is 292 g/mol. The van der Waals surface area contributed by atoms with E-state index in [4.69, 9.17) is 4.74 Å². The third-order valence-corrected chi connectivity index (χ3v) is 3.44. The van der Waals surface area contributed by atoms with Crippen molar-refractivity contribution in [1.29, 1.82) is 0 Å². The lowest BCUT2D eigenvalue weighted by molar-refractivity contribution is 0.0524. The van der Waals surface area contributed by atoms with Gasteiger partial charge in [0.1, 0.15) is 5.56 Å². The molecule has 5 heteroatoms. The zero-order chi connectivity index (χ0) is 16.2. The largest absolute Gasteiger partial charge is 0.462 e. The lowest BCUT2D eigenvalue weighted by atomic mass is 10.1. The monoisotopic (exact) mass is 308 g/mol. The predicted molar refractivity (Wildman–Crippen MR) is 90.2 cm³/mol. The first-order valence-electron chi connectivity index (χ1n) is 7.33. The van der Waals surface area contributed by atoms with Gasteiger partial charge in [-0.3, -0.25) is 4.79 Å². The Morgan fingerprint density at radius 2 is 1.91 bits per heavy atom. The molecular formula is C18H16N2O3. The summed E-state index contributed by atoms with van der Waals surface area (Å²) in [5, 5.41) is 3.67. The van der Waals surface area contributed by atoms with Crippen LogP contribution in [-0.2, 0) is 4.74 Å². The maximum atomic E-state index is 12.5. The number of hydrogen-bond donors (Lipinski definition) is 2. The fourth-order valence-corrected chi connectivity index (χ4v) is 2.34. The Hall–Kier alpha value is -3.08. The third-order valence-electron chi connectivity index (χ3n) is 3.44. The van der Waals surface area contributed by atoms with E-state index in [9.17, 15) is 9.59 Å². The Bertz CT molecular complexity index is 901. The molecule has 3 aromatic rings. The van der Waals surface area contributed by atoms with Crippen molar-refractivity contribution in [3.63, 3.8) is 0 Å². The number of fused-ring (bicyclic) bond motifs is 1. The number of H-pyrrole nitrogens is 1. The molecule has 116 valence electrons. The minimum Gasteiger partial charge on any atom is -0.462 e. The van der Waals surface area contributed by atoms with Crippen molar-refractivity contribution >= 4 is 28.2 Å². The van der Waals surface area contributed by atoms with Crippen LogP contribution >= 0.6 is 0 Å². The van der Waals surface area contributed by atoms with E-state index >= 15 is 0 Å². The maximum Gasteiger partial charge on any atom is 0.343 e. The summed E-state index contributed by atoms with van der Waals surface area (Å²) in [4.78, 5) is 27.3. The van der Waals surface area contributed by atoms with Crippen LogP contribution in [0.3, 0.4) is 0 Å². The van der Waals surface area contributed by atoms with Crippen LogP contribution in [0.2, 0.25) is 0 Å². The average Bonchev–Trinajstić information content (AvgIpc) is 2.57. The summed E-state index contributed by atoms with van der Waals surface area (Å²) in [7, 11) is 0. The SMILES string of the molecule is CCOC(=O)c1c[nH]c2ccc(Nc3ccccc3)cc2c1=O. The van der Waals surface area contributed by atoms with Gasteiger partial charge in [-0.1, -0.05) is 18.2 Å². The third kappa shape index (κ3) is 3.08. The van der Waals surface area contributed by atoms with Gasteiger partial charge < -0.3 is 15.0 Å². The number of nitrogens with one attached hydrogen (secondary N) is 2. The highest BCUT2D eigenvalue weighted by molar-refractivity contribution is 5.94. The minimum absolute atomic E-state index is 0.0104. The van der Waals surface area contributed by atoms with Crippen LogP contribution in [0.5, 0.6) is 0 Å². The van der Waals surface area contributed by atoms with E-state index in [1.54, 1.807) is 19.1 Å². The summed E-state index contributed by atoms with van der Waals surface area (Å²) in [5.74, 6) is -0.614. The van der Waals surface area contributed by atoms with Gasteiger partial charge in [-0.2, -0.15) is 0 Å². The molecule has 0 radical (unpaired) electrons. The number of rotatable bonds is 4. The fraction of sp³-hybridized carbons (Fsp3) is 0.111. The number of hydrogen-bond acceptors (Lipinski definition) is 4. The highest BCUT2D eigenvalue weighted by Gasteiger charge is 2.14. The number of aromatic nitrogens is 1. The Balaban J connectivity index is 2.02. The molecule has 0 saturated carbocycles. The van der Waals surface area contributed by atoms with Crippen LogP contribution in [0.15, 0.2) is 59.5 Å². The van der Waals surface area contributed by atoms with Gasteiger partial charge in [-0.15, -0.1) is 0 Å². The summed E-state index contributed by atoms with van der Waals surface area (Å²) in [6.45, 7) is 1.93. The second kappa shape index (κ2) is 6.36. The molecule has 0 fully saturated rings. The molecule has 2 aromatic carbocycles. The van der Waals surface area contributed by atoms with Gasteiger partial charge in [-0.05, 0) is 37.3 Å². The van der Waals surface area contributed by atoms with Crippen molar-refractivity contribution in [2.75, 3.05) is 11.9 Å². The van der Waals surface area contributed by atoms with Crippen LogP contribution < -0.4 is 10.7 Å². The van der Waals surface area contributed by atoms with Crippen molar-refractivity contribution in [3.05, 3.63) is 70.5 Å². The topological polar surface area (TPSA) is 71.2 Å². The molecule has 1 aromatic heterocycles. The second-order valence-corrected chi connectivity index (χ2v) is 5.00. The van der Waals surface area contributed by atoms with Gasteiger partial charge in [0.15, 0.2) is 0 Å². The normalized spacial score (nSPS) is 10.5. The molecule has 0 unspecified atom stereocenters. The summed E-state index contributed by atoms with van der Waals surface area (Å²) in [5.41, 5.74) is 2.03. The minimum atomic E-state index is -0.614. The molecule has 0 amide bonds. The van der Waals surface area contributed by atoms with E-state index in [0.29, 0.717) is 10.9 Å². The van der Waals surface area contributed by atoms with Crippen LogP contribution in [0, 0.1) is 0 Å². The standard InChI is InChI=1S/C18H16N2O3/c1-2-23-18(22)15-11-19-16-9-8-13(10-14(16)17(15)21)20-12-6-4-3-5-7-12/h3-11,20H,2H2,1H3,(H,19,21). The predicted octanol–water partition coefficient (Wildman–Crippen LogP) is 3.45. The van der Waals surface area contributed by atoms with Gasteiger partial charge >= 0.3 is 5.97 Å². The number of carbonyl (C=O) groups excluding carboxylic acids is 1. The molecule has 0 bridgehead atoms. The number of aromatic amines is 1. The lowest BCUT2D eigenvalue weighted by Crippen LogP contribution is -2.18. The van der Waals surface area contributed by atoms with Crippen LogP contribution in [-0.4, -0.2) is 17.6 Å². The van der Waals surface area contributed by atoms with Crippen molar-refractivity contribution in [3.8, 4) is 0 Å². The van der Waals surface area contributed by atoms with Gasteiger partial charge in [0.25, 0.3) is 0 Å². The average molecular weight is 308 g/mol. The quantitative estimate of drug-likeness (QED) is 0.724.